The molecule has 1 heterocycles. The van der Waals surface area contributed by atoms with Crippen molar-refractivity contribution in [1.29, 1.82) is 0 Å². The quantitative estimate of drug-likeness (QED) is 0.510. The molecule has 1 saturated heterocycles. The topological polar surface area (TPSA) is 72.8 Å². The molecule has 9 heteroatoms. The van der Waals surface area contributed by atoms with E-state index in [0.717, 1.165) is 0 Å². The summed E-state index contributed by atoms with van der Waals surface area (Å²) in [6.45, 7) is 6.89. The van der Waals surface area contributed by atoms with Crippen LogP contribution in [0.25, 0.3) is 0 Å². The maximum absolute atomic E-state index is 17.3. The summed E-state index contributed by atoms with van der Waals surface area (Å²) in [5.41, 5.74) is -5.34. The third kappa shape index (κ3) is 2.79. The first kappa shape index (κ1) is 24.3. The molecule has 0 aromatic carbocycles. The molecule has 5 rings (SSSR count). The van der Waals surface area contributed by atoms with Gasteiger partial charge in [-0.1, -0.05) is 13.8 Å². The van der Waals surface area contributed by atoms with Crippen LogP contribution in [-0.4, -0.2) is 56.4 Å². The van der Waals surface area contributed by atoms with Crippen molar-refractivity contribution >= 4 is 39.1 Å². The van der Waals surface area contributed by atoms with Gasteiger partial charge in [0.25, 0.3) is 0 Å². The van der Waals surface area contributed by atoms with Gasteiger partial charge in [0.1, 0.15) is 5.67 Å². The molecule has 3 saturated carbocycles. The number of rotatable bonds is 2. The number of ketones is 2. The van der Waals surface area contributed by atoms with Crippen LogP contribution in [0.4, 0.5) is 8.78 Å². The second-order valence-corrected chi connectivity index (χ2v) is 12.8. The smallest absolute Gasteiger partial charge is 0.215 e. The van der Waals surface area contributed by atoms with Crippen LogP contribution in [0, 0.1) is 22.7 Å². The second-order valence-electron chi connectivity index (χ2n) is 11.5. The van der Waals surface area contributed by atoms with E-state index in [0.29, 0.717) is 12.0 Å². The van der Waals surface area contributed by atoms with Crippen LogP contribution in [-0.2, 0) is 19.1 Å². The molecule has 10 atom stereocenters. The van der Waals surface area contributed by atoms with E-state index in [1.54, 1.807) is 27.7 Å². The van der Waals surface area contributed by atoms with Crippen LogP contribution < -0.4 is 0 Å². The van der Waals surface area contributed by atoms with E-state index < -0.39 is 68.2 Å². The summed E-state index contributed by atoms with van der Waals surface area (Å²) in [6, 6.07) is 0. The Morgan fingerprint density at radius 3 is 2.58 bits per heavy atom. The number of halogens is 4. The lowest BCUT2D eigenvalue weighted by molar-refractivity contribution is -0.251. The minimum atomic E-state index is -2.04. The van der Waals surface area contributed by atoms with Gasteiger partial charge in [-0.3, -0.25) is 9.59 Å². The van der Waals surface area contributed by atoms with Crippen molar-refractivity contribution in [2.75, 3.05) is 0 Å². The monoisotopic (exact) mass is 550 g/mol. The van der Waals surface area contributed by atoms with Crippen molar-refractivity contribution in [2.45, 2.75) is 99.5 Å². The zero-order chi connectivity index (χ0) is 24.4. The van der Waals surface area contributed by atoms with Gasteiger partial charge >= 0.3 is 0 Å². The molecule has 4 fully saturated rings. The van der Waals surface area contributed by atoms with E-state index in [-0.39, 0.29) is 31.5 Å². The Morgan fingerprint density at radius 1 is 1.27 bits per heavy atom. The molecular formula is C24H30BrClF2O5. The molecule has 33 heavy (non-hydrogen) atoms. The second kappa shape index (κ2) is 7.09. The van der Waals surface area contributed by atoms with Crippen LogP contribution in [0.3, 0.4) is 0 Å². The SMILES string of the molecule is CC1(C)O[C@@H]2C[C@H]3[C@@H]4C[C@H](Cl)C5=CC(=O)CC[C@]5(C)[C@@]4(F)[C@@H](O)C[C@]3(C)[C@]2(C(=O)C(F)Br)O1. The third-order valence-corrected chi connectivity index (χ3v) is 10.4. The predicted molar refractivity (Wildman–Crippen MR) is 120 cm³/mol. The fourth-order valence-corrected chi connectivity index (χ4v) is 9.09. The average Bonchev–Trinajstić information content (AvgIpc) is 3.11. The van der Waals surface area contributed by atoms with Gasteiger partial charge in [-0.15, -0.1) is 11.6 Å². The Balaban J connectivity index is 1.66. The van der Waals surface area contributed by atoms with E-state index >= 15 is 4.39 Å². The molecule has 5 aliphatic rings. The van der Waals surface area contributed by atoms with Crippen LogP contribution in [0.15, 0.2) is 11.6 Å². The van der Waals surface area contributed by atoms with E-state index in [1.807, 2.05) is 0 Å². The van der Waals surface area contributed by atoms with Gasteiger partial charge in [-0.25, -0.2) is 8.78 Å². The maximum atomic E-state index is 17.3. The normalized spacial score (nSPS) is 53.4. The van der Waals surface area contributed by atoms with Crippen molar-refractivity contribution in [1.82, 2.24) is 0 Å². The maximum Gasteiger partial charge on any atom is 0.215 e. The van der Waals surface area contributed by atoms with Crippen LogP contribution in [0.1, 0.15) is 59.8 Å². The molecule has 1 unspecified atom stereocenters. The fraction of sp³-hybridized carbons (Fsp3) is 0.833. The van der Waals surface area contributed by atoms with Gasteiger partial charge < -0.3 is 14.6 Å². The highest BCUT2D eigenvalue weighted by molar-refractivity contribution is 9.09. The number of hydrogen-bond donors (Lipinski definition) is 1. The van der Waals surface area contributed by atoms with Gasteiger partial charge in [-0.05, 0) is 73.0 Å². The minimum absolute atomic E-state index is 0.0828. The molecule has 1 aliphatic heterocycles. The van der Waals surface area contributed by atoms with Crippen LogP contribution >= 0.6 is 27.5 Å². The summed E-state index contributed by atoms with van der Waals surface area (Å²) in [6.07, 6.45) is 0.108. The third-order valence-electron chi connectivity index (χ3n) is 9.58. The number of aliphatic hydroxyl groups excluding tert-OH is 1. The van der Waals surface area contributed by atoms with Gasteiger partial charge in [0, 0.05) is 23.2 Å². The van der Waals surface area contributed by atoms with Crippen molar-refractivity contribution in [3.8, 4) is 0 Å². The van der Waals surface area contributed by atoms with E-state index in [9.17, 15) is 19.1 Å². The number of hydrogen-bond acceptors (Lipinski definition) is 5. The first-order chi connectivity index (χ1) is 15.1. The molecule has 5 nitrogen and oxygen atoms in total. The fourth-order valence-electron chi connectivity index (χ4n) is 8.26. The molecular weight excluding hydrogens is 522 g/mol. The number of carbonyl (C=O) groups excluding carboxylic acids is 2. The molecule has 184 valence electrons. The van der Waals surface area contributed by atoms with E-state index in [2.05, 4.69) is 15.9 Å². The van der Waals surface area contributed by atoms with Gasteiger partial charge in [0.15, 0.2) is 17.2 Å². The van der Waals surface area contributed by atoms with E-state index in [4.69, 9.17) is 21.1 Å². The highest BCUT2D eigenvalue weighted by atomic mass is 79.9. The average molecular weight is 552 g/mol. The minimum Gasteiger partial charge on any atom is -0.390 e. The Hall–Kier alpha value is -0.410. The molecule has 0 spiro atoms. The first-order valence-corrected chi connectivity index (χ1v) is 13.0. The first-order valence-electron chi connectivity index (χ1n) is 11.6. The summed E-state index contributed by atoms with van der Waals surface area (Å²) >= 11 is 9.53. The Kier molecular flexibility index (Phi) is 5.22. The summed E-state index contributed by atoms with van der Waals surface area (Å²) in [7, 11) is 0. The number of Topliss-reactive ketones (excluding diaryl/α,β-unsaturated/α-hetero) is 1. The molecule has 0 radical (unpaired) electrons. The van der Waals surface area contributed by atoms with Crippen molar-refractivity contribution < 1.29 is 33.0 Å². The molecule has 4 aliphatic carbocycles. The zero-order valence-corrected chi connectivity index (χ0v) is 21.5. The molecule has 0 aromatic rings. The lowest BCUT2D eigenvalue weighted by Crippen LogP contribution is -2.71. The van der Waals surface area contributed by atoms with Gasteiger partial charge in [-0.2, -0.15) is 0 Å². The Labute approximate surface area is 205 Å². The summed E-state index contributed by atoms with van der Waals surface area (Å²) in [5.74, 6) is -3.14. The predicted octanol–water partition coefficient (Wildman–Crippen LogP) is 4.56. The lowest BCUT2D eigenvalue weighted by Gasteiger charge is -2.64. The van der Waals surface area contributed by atoms with E-state index in [1.165, 1.54) is 6.08 Å². The number of carbonyl (C=O) groups is 2. The summed E-state index contributed by atoms with van der Waals surface area (Å²) in [4.78, 5) is 25.5. The van der Waals surface area contributed by atoms with Crippen LogP contribution in [0.5, 0.6) is 0 Å². The molecule has 0 amide bonds. The van der Waals surface area contributed by atoms with Crippen molar-refractivity contribution in [3.05, 3.63) is 11.6 Å². The standard InChI is InChI=1S/C24H30BrClF2O5/c1-20(2)32-17-9-12-13-8-15(26)14-7-11(29)5-6-21(14,3)23(13,28)16(30)10-22(12,4)24(17,33-20)18(31)19(25)27/h7,12-13,15-17,19,30H,5-6,8-10H2,1-4H3/t12-,13-,15-,16-,17+,19?,21-,22-,23-,24-/m0/s1. The number of fused-ring (bicyclic) bond motifs is 7. The van der Waals surface area contributed by atoms with Gasteiger partial charge in [0.2, 0.25) is 10.9 Å². The van der Waals surface area contributed by atoms with Crippen molar-refractivity contribution in [2.24, 2.45) is 22.7 Å². The van der Waals surface area contributed by atoms with Gasteiger partial charge in [0.05, 0.1) is 17.6 Å². The Bertz CT molecular complexity index is 957. The van der Waals surface area contributed by atoms with Crippen molar-refractivity contribution in [3.63, 3.8) is 0 Å². The number of aliphatic hydroxyl groups is 1. The lowest BCUT2D eigenvalue weighted by atomic mass is 9.43. The largest absolute Gasteiger partial charge is 0.390 e. The molecule has 0 aromatic heterocycles. The molecule has 1 N–H and O–H groups in total. The summed E-state index contributed by atoms with van der Waals surface area (Å²) in [5, 5.41) is 8.92. The zero-order valence-electron chi connectivity index (χ0n) is 19.2. The number of alkyl halides is 4. The number of ether oxygens (including phenoxy) is 2. The highest BCUT2D eigenvalue weighted by Crippen LogP contribution is 2.73. The Morgan fingerprint density at radius 2 is 1.94 bits per heavy atom. The highest BCUT2D eigenvalue weighted by Gasteiger charge is 2.81. The summed E-state index contributed by atoms with van der Waals surface area (Å²) < 4.78 is 44.2. The number of allylic oxidation sites excluding steroid dienone is 1. The van der Waals surface area contributed by atoms with Crippen LogP contribution in [0.2, 0.25) is 0 Å². The molecule has 0 bridgehead atoms.